The van der Waals surface area contributed by atoms with Crippen LogP contribution in [0.25, 0.3) is 11.1 Å². The van der Waals surface area contributed by atoms with Crippen LogP contribution in [0.3, 0.4) is 0 Å². The Morgan fingerprint density at radius 1 is 1.36 bits per heavy atom. The molecule has 1 atom stereocenters. The van der Waals surface area contributed by atoms with E-state index in [4.69, 9.17) is 5.73 Å². The third-order valence-corrected chi connectivity index (χ3v) is 4.93. The van der Waals surface area contributed by atoms with E-state index in [2.05, 4.69) is 15.4 Å². The van der Waals surface area contributed by atoms with Crippen LogP contribution >= 0.6 is 0 Å². The Bertz CT molecular complexity index is 737. The Hall–Kier alpha value is -2.41. The fraction of sp³-hybridized carbons (Fsp3) is 0.500. The second-order valence-electron chi connectivity index (χ2n) is 6.72. The SMILES string of the molecule is Cn1cc(-c2cnc(N)c(C(=O)NC(CO)C3CCCCC3)c2)cn1. The number of anilines is 1. The standard InChI is InChI=1S/C18H25N5O2/c1-23-10-14(9-21-23)13-7-15(17(19)20-8-13)18(25)22-16(11-24)12-5-3-2-4-6-12/h7-10,12,16,24H,2-6,11H2,1H3,(H2,19,20)(H,22,25). The van der Waals surface area contributed by atoms with Gasteiger partial charge in [0.15, 0.2) is 0 Å². The maximum atomic E-state index is 12.7. The van der Waals surface area contributed by atoms with Crippen molar-refractivity contribution >= 4 is 11.7 Å². The highest BCUT2D eigenvalue weighted by Crippen LogP contribution is 2.27. The number of aliphatic hydroxyl groups is 1. The van der Waals surface area contributed by atoms with Crippen molar-refractivity contribution in [2.45, 2.75) is 38.1 Å². The quantitative estimate of drug-likeness (QED) is 0.767. The first-order valence-electron chi connectivity index (χ1n) is 8.74. The summed E-state index contributed by atoms with van der Waals surface area (Å²) in [6.45, 7) is -0.0635. The van der Waals surface area contributed by atoms with Crippen molar-refractivity contribution in [1.82, 2.24) is 20.1 Å². The lowest BCUT2D eigenvalue weighted by Crippen LogP contribution is -2.43. The number of aryl methyl sites for hydroxylation is 1. The van der Waals surface area contributed by atoms with Crippen molar-refractivity contribution in [3.8, 4) is 11.1 Å². The number of hydrogen-bond donors (Lipinski definition) is 3. The number of nitrogens with two attached hydrogens (primary N) is 1. The average Bonchev–Trinajstić information content (AvgIpc) is 3.07. The van der Waals surface area contributed by atoms with E-state index in [-0.39, 0.29) is 24.4 Å². The molecule has 2 heterocycles. The van der Waals surface area contributed by atoms with Crippen LogP contribution in [0.2, 0.25) is 0 Å². The number of nitrogens with one attached hydrogen (secondary N) is 1. The topological polar surface area (TPSA) is 106 Å². The van der Waals surface area contributed by atoms with Gasteiger partial charge in [0.25, 0.3) is 5.91 Å². The van der Waals surface area contributed by atoms with Gasteiger partial charge in [-0.05, 0) is 24.8 Å². The zero-order valence-electron chi connectivity index (χ0n) is 14.5. The van der Waals surface area contributed by atoms with E-state index in [0.29, 0.717) is 11.5 Å². The smallest absolute Gasteiger partial charge is 0.255 e. The third-order valence-electron chi connectivity index (χ3n) is 4.93. The van der Waals surface area contributed by atoms with Crippen LogP contribution in [0.15, 0.2) is 24.7 Å². The van der Waals surface area contributed by atoms with E-state index in [1.54, 1.807) is 23.1 Å². The van der Waals surface area contributed by atoms with Gasteiger partial charge < -0.3 is 16.2 Å². The first-order chi connectivity index (χ1) is 12.1. The van der Waals surface area contributed by atoms with E-state index < -0.39 is 0 Å². The molecule has 0 spiro atoms. The molecule has 1 fully saturated rings. The molecule has 1 unspecified atom stereocenters. The number of nitrogen functional groups attached to an aromatic ring is 1. The van der Waals surface area contributed by atoms with Crippen LogP contribution < -0.4 is 11.1 Å². The molecule has 1 aliphatic carbocycles. The molecular weight excluding hydrogens is 318 g/mol. The zero-order valence-corrected chi connectivity index (χ0v) is 14.5. The normalized spacial score (nSPS) is 16.6. The monoisotopic (exact) mass is 343 g/mol. The maximum absolute atomic E-state index is 12.7. The van der Waals surface area contributed by atoms with Gasteiger partial charge in [0.05, 0.1) is 24.4 Å². The van der Waals surface area contributed by atoms with Gasteiger partial charge in [-0.2, -0.15) is 5.10 Å². The Morgan fingerprint density at radius 2 is 2.12 bits per heavy atom. The Morgan fingerprint density at radius 3 is 2.76 bits per heavy atom. The summed E-state index contributed by atoms with van der Waals surface area (Å²) in [5.74, 6) is 0.212. The minimum absolute atomic E-state index is 0.0635. The summed E-state index contributed by atoms with van der Waals surface area (Å²) in [6.07, 6.45) is 10.8. The largest absolute Gasteiger partial charge is 0.394 e. The molecule has 1 saturated carbocycles. The van der Waals surface area contributed by atoms with Gasteiger partial charge in [0.1, 0.15) is 5.82 Å². The van der Waals surface area contributed by atoms with Crippen molar-refractivity contribution in [3.05, 3.63) is 30.2 Å². The Labute approximate surface area is 147 Å². The van der Waals surface area contributed by atoms with Crippen molar-refractivity contribution in [1.29, 1.82) is 0 Å². The summed E-state index contributed by atoms with van der Waals surface area (Å²) >= 11 is 0. The number of carbonyl (C=O) groups is 1. The van der Waals surface area contributed by atoms with Crippen LogP contribution in [-0.2, 0) is 7.05 Å². The molecule has 134 valence electrons. The summed E-state index contributed by atoms with van der Waals surface area (Å²) in [7, 11) is 1.83. The molecule has 0 radical (unpaired) electrons. The minimum Gasteiger partial charge on any atom is -0.394 e. The summed E-state index contributed by atoms with van der Waals surface area (Å²) in [4.78, 5) is 16.9. The number of hydrogen-bond acceptors (Lipinski definition) is 5. The molecular formula is C18H25N5O2. The van der Waals surface area contributed by atoms with Crippen LogP contribution in [0.5, 0.6) is 0 Å². The van der Waals surface area contributed by atoms with Crippen LogP contribution in [0.1, 0.15) is 42.5 Å². The lowest BCUT2D eigenvalue weighted by molar-refractivity contribution is 0.0871. The molecule has 0 bridgehead atoms. The van der Waals surface area contributed by atoms with Crippen LogP contribution in [-0.4, -0.2) is 38.4 Å². The number of nitrogens with zero attached hydrogens (tertiary/aromatic N) is 3. The predicted octanol–water partition coefficient (Wildman–Crippen LogP) is 1.74. The molecule has 2 aromatic rings. The van der Waals surface area contributed by atoms with E-state index in [9.17, 15) is 9.90 Å². The Balaban J connectivity index is 1.78. The number of aliphatic hydroxyl groups excluding tert-OH is 1. The summed E-state index contributed by atoms with van der Waals surface area (Å²) < 4.78 is 1.69. The third kappa shape index (κ3) is 3.99. The van der Waals surface area contributed by atoms with E-state index in [1.807, 2.05) is 13.2 Å². The molecule has 1 amide bonds. The lowest BCUT2D eigenvalue weighted by atomic mass is 9.84. The number of carbonyl (C=O) groups excluding carboxylic acids is 1. The van der Waals surface area contributed by atoms with E-state index in [1.165, 1.54) is 6.42 Å². The maximum Gasteiger partial charge on any atom is 0.255 e. The summed E-state index contributed by atoms with van der Waals surface area (Å²) in [6, 6.07) is 1.48. The number of pyridine rings is 1. The van der Waals surface area contributed by atoms with Crippen molar-refractivity contribution < 1.29 is 9.90 Å². The van der Waals surface area contributed by atoms with Crippen LogP contribution in [0.4, 0.5) is 5.82 Å². The first-order valence-corrected chi connectivity index (χ1v) is 8.74. The highest BCUT2D eigenvalue weighted by molar-refractivity contribution is 5.99. The highest BCUT2D eigenvalue weighted by Gasteiger charge is 2.25. The van der Waals surface area contributed by atoms with Gasteiger partial charge in [-0.3, -0.25) is 9.48 Å². The molecule has 4 N–H and O–H groups in total. The van der Waals surface area contributed by atoms with E-state index in [0.717, 1.165) is 36.8 Å². The lowest BCUT2D eigenvalue weighted by Gasteiger charge is -2.29. The fourth-order valence-electron chi connectivity index (χ4n) is 3.48. The van der Waals surface area contributed by atoms with Gasteiger partial charge in [-0.25, -0.2) is 4.98 Å². The molecule has 7 nitrogen and oxygen atoms in total. The van der Waals surface area contributed by atoms with E-state index >= 15 is 0 Å². The number of aromatic nitrogens is 3. The van der Waals surface area contributed by atoms with Gasteiger partial charge in [-0.1, -0.05) is 19.3 Å². The number of amides is 1. The fourth-order valence-corrected chi connectivity index (χ4v) is 3.48. The molecule has 1 aliphatic rings. The summed E-state index contributed by atoms with van der Waals surface area (Å²) in [5, 5.41) is 16.8. The van der Waals surface area contributed by atoms with Crippen molar-refractivity contribution in [2.75, 3.05) is 12.3 Å². The molecule has 7 heteroatoms. The van der Waals surface area contributed by atoms with Gasteiger partial charge >= 0.3 is 0 Å². The molecule has 0 saturated heterocycles. The molecule has 3 rings (SSSR count). The average molecular weight is 343 g/mol. The summed E-state index contributed by atoms with van der Waals surface area (Å²) in [5.41, 5.74) is 7.90. The second kappa shape index (κ2) is 7.65. The highest BCUT2D eigenvalue weighted by atomic mass is 16.3. The first kappa shape index (κ1) is 17.4. The zero-order chi connectivity index (χ0) is 17.8. The molecule has 25 heavy (non-hydrogen) atoms. The van der Waals surface area contributed by atoms with Gasteiger partial charge in [-0.15, -0.1) is 0 Å². The van der Waals surface area contributed by atoms with Gasteiger partial charge in [0, 0.05) is 30.6 Å². The van der Waals surface area contributed by atoms with Crippen molar-refractivity contribution in [3.63, 3.8) is 0 Å². The van der Waals surface area contributed by atoms with Crippen molar-refractivity contribution in [2.24, 2.45) is 13.0 Å². The Kier molecular flexibility index (Phi) is 5.33. The molecule has 2 aromatic heterocycles. The second-order valence-corrected chi connectivity index (χ2v) is 6.72. The predicted molar refractivity (Wildman–Crippen MR) is 95.8 cm³/mol. The molecule has 0 aliphatic heterocycles. The van der Waals surface area contributed by atoms with Gasteiger partial charge in [0.2, 0.25) is 0 Å². The number of rotatable bonds is 5. The molecule has 0 aromatic carbocycles. The minimum atomic E-state index is -0.291. The van der Waals surface area contributed by atoms with Crippen LogP contribution in [0, 0.1) is 5.92 Å².